The molecule has 26 heavy (non-hydrogen) atoms. The third-order valence-corrected chi connectivity index (χ3v) is 5.79. The van der Waals surface area contributed by atoms with Crippen LogP contribution in [0.15, 0.2) is 24.3 Å². The first-order valence-electron chi connectivity index (χ1n) is 9.48. The Labute approximate surface area is 155 Å². The molecule has 0 saturated carbocycles. The first-order valence-corrected chi connectivity index (χ1v) is 9.48. The lowest BCUT2D eigenvalue weighted by molar-refractivity contribution is -0.132. The summed E-state index contributed by atoms with van der Waals surface area (Å²) in [5.41, 5.74) is 0.394. The van der Waals surface area contributed by atoms with Crippen LogP contribution in [0.2, 0.25) is 0 Å². The number of carbonyl (C=O) groups is 2. The number of methoxy groups -OCH3 is 1. The molecule has 0 bridgehead atoms. The third-order valence-electron chi connectivity index (χ3n) is 5.79. The van der Waals surface area contributed by atoms with Crippen molar-refractivity contribution in [1.82, 2.24) is 15.1 Å². The van der Waals surface area contributed by atoms with E-state index >= 15 is 0 Å². The average molecular weight is 359 g/mol. The number of piperidine rings is 1. The average Bonchev–Trinajstić information content (AvgIpc) is 2.97. The fraction of sp³-hybridized carbons (Fsp3) is 0.600. The molecule has 2 amide bonds. The molecule has 1 aromatic rings. The maximum absolute atomic E-state index is 12.8. The lowest BCUT2D eigenvalue weighted by atomic mass is 9.94. The van der Waals surface area contributed by atoms with E-state index in [0.717, 1.165) is 31.6 Å². The van der Waals surface area contributed by atoms with E-state index in [1.165, 1.54) is 0 Å². The monoisotopic (exact) mass is 359 g/mol. The second kappa shape index (κ2) is 7.66. The fourth-order valence-electron chi connectivity index (χ4n) is 3.83. The van der Waals surface area contributed by atoms with Crippen LogP contribution in [0.3, 0.4) is 0 Å². The summed E-state index contributed by atoms with van der Waals surface area (Å²) in [5.74, 6) is 1.45. The molecular weight excluding hydrogens is 330 g/mol. The van der Waals surface area contributed by atoms with Crippen molar-refractivity contribution in [1.29, 1.82) is 0 Å². The minimum Gasteiger partial charge on any atom is -0.497 e. The molecule has 142 valence electrons. The summed E-state index contributed by atoms with van der Waals surface area (Å²) in [5, 5.41) is 3.44. The van der Waals surface area contributed by atoms with Gasteiger partial charge in [-0.25, -0.2) is 0 Å². The van der Waals surface area contributed by atoms with E-state index in [1.54, 1.807) is 19.2 Å². The maximum atomic E-state index is 12.8. The lowest BCUT2D eigenvalue weighted by Crippen LogP contribution is -2.59. The van der Waals surface area contributed by atoms with Gasteiger partial charge in [-0.2, -0.15) is 0 Å². The molecule has 6 heteroatoms. The molecule has 1 N–H and O–H groups in total. The van der Waals surface area contributed by atoms with Crippen LogP contribution in [0.25, 0.3) is 0 Å². The van der Waals surface area contributed by atoms with Crippen molar-refractivity contribution in [3.05, 3.63) is 29.8 Å². The van der Waals surface area contributed by atoms with Crippen molar-refractivity contribution < 1.29 is 14.3 Å². The topological polar surface area (TPSA) is 61.9 Å². The number of nitrogens with one attached hydrogen (secondary N) is 1. The molecule has 0 aromatic heterocycles. The minimum absolute atomic E-state index is 0.0419. The second-order valence-electron chi connectivity index (χ2n) is 7.42. The van der Waals surface area contributed by atoms with Crippen molar-refractivity contribution in [3.8, 4) is 5.75 Å². The van der Waals surface area contributed by atoms with Gasteiger partial charge in [-0.15, -0.1) is 0 Å². The fourth-order valence-corrected chi connectivity index (χ4v) is 3.83. The number of carbonyl (C=O) groups excluding carboxylic acids is 2. The molecule has 2 aliphatic rings. The molecule has 2 saturated heterocycles. The minimum atomic E-state index is -0.281. The lowest BCUT2D eigenvalue weighted by Gasteiger charge is -2.45. The van der Waals surface area contributed by atoms with Gasteiger partial charge in [0.25, 0.3) is 5.91 Å². The summed E-state index contributed by atoms with van der Waals surface area (Å²) < 4.78 is 5.15. The highest BCUT2D eigenvalue weighted by Gasteiger charge is 2.47. The smallest absolute Gasteiger partial charge is 0.253 e. The number of hydrogen-bond acceptors (Lipinski definition) is 4. The Bertz CT molecular complexity index is 651. The highest BCUT2D eigenvalue weighted by molar-refractivity contribution is 5.94. The van der Waals surface area contributed by atoms with Crippen LogP contribution >= 0.6 is 0 Å². The Morgan fingerprint density at radius 3 is 2.50 bits per heavy atom. The van der Waals surface area contributed by atoms with E-state index in [-0.39, 0.29) is 17.5 Å². The normalized spacial score (nSPS) is 20.5. The van der Waals surface area contributed by atoms with E-state index in [0.29, 0.717) is 31.1 Å². The molecular formula is C20H29N3O3. The van der Waals surface area contributed by atoms with E-state index in [9.17, 15) is 9.59 Å². The first-order chi connectivity index (χ1) is 12.5. The first kappa shape index (κ1) is 18.7. The Kier molecular flexibility index (Phi) is 5.51. The van der Waals surface area contributed by atoms with Gasteiger partial charge in [0, 0.05) is 38.0 Å². The van der Waals surface area contributed by atoms with Crippen molar-refractivity contribution in [2.24, 2.45) is 5.92 Å². The van der Waals surface area contributed by atoms with Crippen LogP contribution in [-0.2, 0) is 4.79 Å². The van der Waals surface area contributed by atoms with Crippen LogP contribution in [0.1, 0.15) is 43.5 Å². The molecule has 2 heterocycles. The summed E-state index contributed by atoms with van der Waals surface area (Å²) in [6.07, 6.45) is 2.61. The van der Waals surface area contributed by atoms with E-state index in [4.69, 9.17) is 4.74 Å². The highest BCUT2D eigenvalue weighted by Crippen LogP contribution is 2.31. The Balaban J connectivity index is 1.65. The molecule has 1 unspecified atom stereocenters. The predicted octanol–water partition coefficient (Wildman–Crippen LogP) is 2.11. The molecule has 1 spiro atoms. The zero-order valence-electron chi connectivity index (χ0n) is 16.0. The van der Waals surface area contributed by atoms with Crippen LogP contribution in [-0.4, -0.2) is 60.6 Å². The van der Waals surface area contributed by atoms with Gasteiger partial charge in [-0.1, -0.05) is 20.3 Å². The van der Waals surface area contributed by atoms with Gasteiger partial charge in [0.2, 0.25) is 5.91 Å². The molecule has 2 aliphatic heterocycles. The van der Waals surface area contributed by atoms with Crippen LogP contribution in [0.5, 0.6) is 5.75 Å². The maximum Gasteiger partial charge on any atom is 0.253 e. The van der Waals surface area contributed by atoms with Gasteiger partial charge in [-0.3, -0.25) is 14.9 Å². The van der Waals surface area contributed by atoms with Crippen molar-refractivity contribution in [2.75, 3.05) is 33.3 Å². The number of likely N-dealkylation sites (tertiary alicyclic amines) is 1. The van der Waals surface area contributed by atoms with E-state index in [1.807, 2.05) is 21.9 Å². The van der Waals surface area contributed by atoms with Crippen LogP contribution in [0, 0.1) is 5.92 Å². The summed E-state index contributed by atoms with van der Waals surface area (Å²) in [6.45, 7) is 6.84. The number of amides is 2. The Morgan fingerprint density at radius 1 is 1.27 bits per heavy atom. The van der Waals surface area contributed by atoms with Gasteiger partial charge < -0.3 is 14.5 Å². The van der Waals surface area contributed by atoms with Gasteiger partial charge >= 0.3 is 0 Å². The number of hydrogen-bond donors (Lipinski definition) is 1. The number of rotatable bonds is 5. The molecule has 6 nitrogen and oxygen atoms in total. The van der Waals surface area contributed by atoms with Gasteiger partial charge in [0.05, 0.1) is 19.3 Å². The highest BCUT2D eigenvalue weighted by atomic mass is 16.5. The Hall–Kier alpha value is -2.08. The largest absolute Gasteiger partial charge is 0.497 e. The number of nitrogens with zero attached hydrogens (tertiary/aromatic N) is 2. The van der Waals surface area contributed by atoms with E-state index < -0.39 is 0 Å². The van der Waals surface area contributed by atoms with Crippen molar-refractivity contribution in [2.45, 2.75) is 38.8 Å². The zero-order chi connectivity index (χ0) is 18.7. The summed E-state index contributed by atoms with van der Waals surface area (Å²) in [4.78, 5) is 29.0. The van der Waals surface area contributed by atoms with Crippen LogP contribution in [0.4, 0.5) is 0 Å². The van der Waals surface area contributed by atoms with Crippen LogP contribution < -0.4 is 10.1 Å². The standard InChI is InChI=1S/C20H29N3O3/c1-4-15(2)14-23-18(24)13-21-20(23)9-11-22(12-10-20)19(25)16-5-7-17(26-3)8-6-16/h5-8,15,21H,4,9-14H2,1-3H3. The quantitative estimate of drug-likeness (QED) is 0.875. The molecule has 2 fully saturated rings. The van der Waals surface area contributed by atoms with Gasteiger partial charge in [0.15, 0.2) is 0 Å². The third kappa shape index (κ3) is 3.56. The number of ether oxygens (including phenoxy) is 1. The number of benzene rings is 1. The SMILES string of the molecule is CCC(C)CN1C(=O)CNC12CCN(C(=O)c1ccc(OC)cc1)CC2. The summed E-state index contributed by atoms with van der Waals surface area (Å²) in [7, 11) is 1.61. The molecule has 0 aliphatic carbocycles. The summed E-state index contributed by atoms with van der Waals surface area (Å²) >= 11 is 0. The summed E-state index contributed by atoms with van der Waals surface area (Å²) in [6, 6.07) is 7.23. The predicted molar refractivity (Wildman–Crippen MR) is 100 cm³/mol. The van der Waals surface area contributed by atoms with Crippen molar-refractivity contribution in [3.63, 3.8) is 0 Å². The van der Waals surface area contributed by atoms with Gasteiger partial charge in [-0.05, 0) is 30.2 Å². The Morgan fingerprint density at radius 2 is 1.92 bits per heavy atom. The van der Waals surface area contributed by atoms with Gasteiger partial charge in [0.1, 0.15) is 5.75 Å². The molecule has 0 radical (unpaired) electrons. The molecule has 3 rings (SSSR count). The van der Waals surface area contributed by atoms with E-state index in [2.05, 4.69) is 19.2 Å². The van der Waals surface area contributed by atoms with Crippen molar-refractivity contribution >= 4 is 11.8 Å². The second-order valence-corrected chi connectivity index (χ2v) is 7.42. The zero-order valence-corrected chi connectivity index (χ0v) is 16.0. The molecule has 1 atom stereocenters. The molecule has 1 aromatic carbocycles.